The molecule has 0 amide bonds. The van der Waals surface area contributed by atoms with Crippen molar-refractivity contribution in [1.82, 2.24) is 0 Å². The Hall–Kier alpha value is -1.24. The number of carboxylic acids is 2. The Bertz CT molecular complexity index is 440. The number of ether oxygens (including phenoxy) is 1. The normalized spacial score (nSPS) is 11.2. The van der Waals surface area contributed by atoms with E-state index >= 15 is 0 Å². The van der Waals surface area contributed by atoms with E-state index < -0.39 is 49.2 Å². The van der Waals surface area contributed by atoms with Crippen molar-refractivity contribution < 1.29 is 47.5 Å². The van der Waals surface area contributed by atoms with Crippen molar-refractivity contribution in [2.45, 2.75) is 25.8 Å². The van der Waals surface area contributed by atoms with E-state index in [4.69, 9.17) is 36.0 Å². The summed E-state index contributed by atoms with van der Waals surface area (Å²) < 4.78 is 4.72. The Labute approximate surface area is 164 Å². The van der Waals surface area contributed by atoms with Crippen LogP contribution >= 0.6 is 0 Å². The number of carbonyl (C=O) groups is 3. The van der Waals surface area contributed by atoms with Gasteiger partial charge >= 0.3 is 41.0 Å². The van der Waals surface area contributed by atoms with Gasteiger partial charge in [-0.2, -0.15) is 0 Å². The van der Waals surface area contributed by atoms with Crippen molar-refractivity contribution >= 4 is 41.0 Å². The smallest absolute Gasteiger partial charge is 1.00 e. The Morgan fingerprint density at radius 1 is 1.16 bits per heavy atom. The van der Waals surface area contributed by atoms with Gasteiger partial charge in [-0.3, -0.25) is 9.59 Å². The Morgan fingerprint density at radius 3 is 1.88 bits per heavy atom. The van der Waals surface area contributed by atoms with Gasteiger partial charge in [0.1, 0.15) is 12.6 Å². The molecule has 1 atom stereocenters. The third kappa shape index (κ3) is 13.7. The van der Waals surface area contributed by atoms with E-state index in [0.29, 0.717) is 0 Å². The summed E-state index contributed by atoms with van der Waals surface area (Å²) >= 11 is 0. The standard InChI is InChI=1S/C9H16O5.C5H9NO4.Mg.2H/c1-7(2)8(13)14-6-9(3-10,4-11)5-12;6-3(5(9)10)1-2-4(7)8;;;/h10-12H,1,3-6H2,2H3;3H,1-2,6H2,(H,7,8)(H,9,10);;;/q;;+2;2*-1/t;3-;;;/m.0.../s1. The molecule has 0 aromatic heterocycles. The van der Waals surface area contributed by atoms with Gasteiger partial charge in [0, 0.05) is 12.0 Å². The predicted octanol–water partition coefficient (Wildman–Crippen LogP) is -1.82. The summed E-state index contributed by atoms with van der Waals surface area (Å²) in [6, 6.07) is -1.06. The van der Waals surface area contributed by atoms with Crippen LogP contribution in [0.4, 0.5) is 0 Å². The minimum Gasteiger partial charge on any atom is -1.00 e. The molecular formula is C14H27MgNO9. The van der Waals surface area contributed by atoms with E-state index in [1.807, 2.05) is 0 Å². The summed E-state index contributed by atoms with van der Waals surface area (Å²) in [5.74, 6) is -2.80. The maximum absolute atomic E-state index is 11.0. The molecular weight excluding hydrogens is 350 g/mol. The van der Waals surface area contributed by atoms with Crippen molar-refractivity contribution in [2.75, 3.05) is 26.4 Å². The van der Waals surface area contributed by atoms with Crippen LogP contribution in [0.3, 0.4) is 0 Å². The summed E-state index contributed by atoms with van der Waals surface area (Å²) in [5.41, 5.74) is 4.06. The van der Waals surface area contributed by atoms with Crippen LogP contribution in [0.25, 0.3) is 0 Å². The molecule has 10 nitrogen and oxygen atoms in total. The summed E-state index contributed by atoms with van der Waals surface area (Å²) in [5, 5.41) is 43.0. The van der Waals surface area contributed by atoms with Gasteiger partial charge in [0.2, 0.25) is 0 Å². The zero-order chi connectivity index (χ0) is 19.3. The van der Waals surface area contributed by atoms with Gasteiger partial charge in [0.05, 0.1) is 25.2 Å². The molecule has 0 rings (SSSR count). The molecule has 144 valence electrons. The number of carboxylic acid groups (broad SMARTS) is 2. The number of rotatable bonds is 10. The van der Waals surface area contributed by atoms with E-state index in [9.17, 15) is 14.4 Å². The number of nitrogens with two attached hydrogens (primary N) is 1. The van der Waals surface area contributed by atoms with Crippen molar-refractivity contribution in [3.8, 4) is 0 Å². The molecule has 0 aromatic rings. The first-order chi connectivity index (χ1) is 11.0. The van der Waals surface area contributed by atoms with Crippen LogP contribution in [0.1, 0.15) is 22.6 Å². The molecule has 0 saturated heterocycles. The molecule has 0 aliphatic rings. The van der Waals surface area contributed by atoms with E-state index in [0.717, 1.165) is 0 Å². The van der Waals surface area contributed by atoms with Gasteiger partial charge in [-0.1, -0.05) is 6.58 Å². The number of aliphatic hydroxyl groups excluding tert-OH is 3. The van der Waals surface area contributed by atoms with Gasteiger partial charge in [0.25, 0.3) is 0 Å². The molecule has 0 heterocycles. The third-order valence-corrected chi connectivity index (χ3v) is 2.85. The number of hydrogen-bond acceptors (Lipinski definition) is 8. The monoisotopic (exact) mass is 377 g/mol. The number of aliphatic hydroxyl groups is 3. The first-order valence-corrected chi connectivity index (χ1v) is 6.90. The van der Waals surface area contributed by atoms with Gasteiger partial charge in [0.15, 0.2) is 0 Å². The zero-order valence-electron chi connectivity index (χ0n) is 16.2. The fourth-order valence-corrected chi connectivity index (χ4v) is 1.03. The van der Waals surface area contributed by atoms with Crippen molar-refractivity contribution in [3.63, 3.8) is 0 Å². The largest absolute Gasteiger partial charge is 2.00 e. The van der Waals surface area contributed by atoms with Crippen LogP contribution in [0.15, 0.2) is 12.2 Å². The van der Waals surface area contributed by atoms with Crippen LogP contribution in [-0.2, 0) is 19.1 Å². The number of aliphatic carboxylic acids is 2. The van der Waals surface area contributed by atoms with Crippen molar-refractivity contribution in [3.05, 3.63) is 12.2 Å². The van der Waals surface area contributed by atoms with Gasteiger partial charge in [-0.25, -0.2) is 4.79 Å². The molecule has 0 unspecified atom stereocenters. The summed E-state index contributed by atoms with van der Waals surface area (Å²) in [6.07, 6.45) is -0.224. The second kappa shape index (κ2) is 15.0. The molecule has 7 N–H and O–H groups in total. The van der Waals surface area contributed by atoms with E-state index in [1.54, 1.807) is 0 Å². The predicted molar refractivity (Wildman–Crippen MR) is 89.9 cm³/mol. The first-order valence-electron chi connectivity index (χ1n) is 6.90. The number of carbonyl (C=O) groups excluding carboxylic acids is 1. The van der Waals surface area contributed by atoms with Crippen LogP contribution in [0.5, 0.6) is 0 Å². The summed E-state index contributed by atoms with van der Waals surface area (Å²) in [6.45, 7) is 3.26. The maximum Gasteiger partial charge on any atom is 2.00 e. The summed E-state index contributed by atoms with van der Waals surface area (Å²) in [7, 11) is 0. The molecule has 0 aliphatic heterocycles. The van der Waals surface area contributed by atoms with Crippen LogP contribution < -0.4 is 5.73 Å². The molecule has 25 heavy (non-hydrogen) atoms. The molecule has 11 heteroatoms. The van der Waals surface area contributed by atoms with E-state index in [2.05, 4.69) is 6.58 Å². The van der Waals surface area contributed by atoms with E-state index in [-0.39, 0.29) is 50.9 Å². The average Bonchev–Trinajstić information content (AvgIpc) is 2.54. The van der Waals surface area contributed by atoms with Crippen molar-refractivity contribution in [1.29, 1.82) is 0 Å². The fourth-order valence-electron chi connectivity index (χ4n) is 1.03. The first kappa shape index (κ1) is 28.6. The number of esters is 1. The van der Waals surface area contributed by atoms with Crippen LogP contribution in [0, 0.1) is 5.41 Å². The molecule has 0 aliphatic carbocycles. The van der Waals surface area contributed by atoms with Gasteiger partial charge in [-0.05, 0) is 13.3 Å². The average molecular weight is 378 g/mol. The minimum absolute atomic E-state index is 0. The zero-order valence-corrected chi connectivity index (χ0v) is 15.6. The second-order valence-corrected chi connectivity index (χ2v) is 5.21. The molecule has 0 radical (unpaired) electrons. The number of hydrogen-bond donors (Lipinski definition) is 6. The Morgan fingerprint density at radius 2 is 1.60 bits per heavy atom. The molecule has 0 spiro atoms. The van der Waals surface area contributed by atoms with Gasteiger partial charge < -0.3 is 38.9 Å². The molecule has 0 fully saturated rings. The minimum atomic E-state index is -1.18. The molecule has 0 bridgehead atoms. The van der Waals surface area contributed by atoms with Crippen LogP contribution in [-0.4, -0.2) is 99.0 Å². The SMILES string of the molecule is C=C(C)C(=O)OCC(CO)(CO)CO.N[C@@H](CCC(=O)O)C(=O)O.[H-].[H-].[Mg+2]. The maximum atomic E-state index is 11.0. The summed E-state index contributed by atoms with van der Waals surface area (Å²) in [4.78, 5) is 30.8. The van der Waals surface area contributed by atoms with Gasteiger partial charge in [-0.15, -0.1) is 0 Å². The van der Waals surface area contributed by atoms with Crippen molar-refractivity contribution in [2.24, 2.45) is 11.1 Å². The van der Waals surface area contributed by atoms with Crippen LogP contribution in [0.2, 0.25) is 0 Å². The second-order valence-electron chi connectivity index (χ2n) is 5.21. The quantitative estimate of drug-likeness (QED) is 0.144. The Kier molecular flexibility index (Phi) is 17.2. The molecule has 0 saturated carbocycles. The van der Waals surface area contributed by atoms with E-state index in [1.165, 1.54) is 6.92 Å². The Balaban J connectivity index is -0.000000112. The fraction of sp³-hybridized carbons (Fsp3) is 0.643. The topological polar surface area (TPSA) is 188 Å². The third-order valence-electron chi connectivity index (χ3n) is 2.85. The molecule has 0 aromatic carbocycles.